The number of halogens is 4. The molecule has 0 spiro atoms. The van der Waals surface area contributed by atoms with E-state index in [1.807, 2.05) is 5.32 Å². The van der Waals surface area contributed by atoms with Crippen molar-refractivity contribution in [3.8, 4) is 0 Å². The van der Waals surface area contributed by atoms with Gasteiger partial charge in [0.05, 0.1) is 16.2 Å². The summed E-state index contributed by atoms with van der Waals surface area (Å²) in [5.41, 5.74) is -1.43. The van der Waals surface area contributed by atoms with Crippen molar-refractivity contribution in [2.75, 3.05) is 5.32 Å². The SMILES string of the molecule is C[C@@H](OC(=O)c1ccc(Cl)c([N+](=O)[O-])c1)C(=O)Nc1ccc(F)c(F)c1F. The smallest absolute Gasteiger partial charge is 0.339 e. The number of nitrogens with zero attached hydrogens (tertiary/aromatic N) is 1. The monoisotopic (exact) mass is 402 g/mol. The van der Waals surface area contributed by atoms with Crippen LogP contribution in [0.4, 0.5) is 24.5 Å². The molecule has 2 rings (SSSR count). The zero-order valence-electron chi connectivity index (χ0n) is 13.5. The van der Waals surface area contributed by atoms with Crippen molar-refractivity contribution in [1.82, 2.24) is 0 Å². The van der Waals surface area contributed by atoms with Crippen LogP contribution in [-0.2, 0) is 9.53 Å². The summed E-state index contributed by atoms with van der Waals surface area (Å²) in [4.78, 5) is 34.0. The summed E-state index contributed by atoms with van der Waals surface area (Å²) in [7, 11) is 0. The van der Waals surface area contributed by atoms with E-state index in [0.29, 0.717) is 6.07 Å². The van der Waals surface area contributed by atoms with E-state index in [-0.39, 0.29) is 10.6 Å². The molecule has 0 heterocycles. The van der Waals surface area contributed by atoms with Gasteiger partial charge >= 0.3 is 5.97 Å². The molecular formula is C16H10ClF3N2O5. The predicted molar refractivity (Wildman–Crippen MR) is 87.9 cm³/mol. The molecule has 0 aliphatic carbocycles. The third-order valence-corrected chi connectivity index (χ3v) is 3.64. The van der Waals surface area contributed by atoms with Crippen molar-refractivity contribution in [3.63, 3.8) is 0 Å². The number of carbonyl (C=O) groups excluding carboxylic acids is 2. The Morgan fingerprint density at radius 2 is 1.85 bits per heavy atom. The Hall–Kier alpha value is -3.14. The van der Waals surface area contributed by atoms with E-state index >= 15 is 0 Å². The van der Waals surface area contributed by atoms with Gasteiger partial charge in [0.15, 0.2) is 23.6 Å². The van der Waals surface area contributed by atoms with Gasteiger partial charge in [-0.25, -0.2) is 18.0 Å². The highest BCUT2D eigenvalue weighted by Crippen LogP contribution is 2.25. The molecule has 7 nitrogen and oxygen atoms in total. The summed E-state index contributed by atoms with van der Waals surface area (Å²) < 4.78 is 44.4. The Morgan fingerprint density at radius 1 is 1.19 bits per heavy atom. The first kappa shape index (κ1) is 20.2. The molecule has 0 aliphatic rings. The van der Waals surface area contributed by atoms with E-state index in [1.165, 1.54) is 0 Å². The standard InChI is InChI=1S/C16H10ClF3N2O5/c1-7(15(23)21-11-5-4-10(18)13(19)14(11)20)27-16(24)8-2-3-9(17)12(6-8)22(25)26/h2-7H,1H3,(H,21,23)/t7-/m1/s1. The van der Waals surface area contributed by atoms with Crippen molar-refractivity contribution in [2.24, 2.45) is 0 Å². The highest BCUT2D eigenvalue weighted by atomic mass is 35.5. The van der Waals surface area contributed by atoms with Crippen LogP contribution < -0.4 is 5.32 Å². The van der Waals surface area contributed by atoms with Crippen LogP contribution in [0.1, 0.15) is 17.3 Å². The molecule has 1 amide bonds. The number of esters is 1. The van der Waals surface area contributed by atoms with Gasteiger partial charge in [-0.3, -0.25) is 14.9 Å². The quantitative estimate of drug-likeness (QED) is 0.354. The second-order valence-electron chi connectivity index (χ2n) is 5.18. The maximum Gasteiger partial charge on any atom is 0.339 e. The van der Waals surface area contributed by atoms with Gasteiger partial charge in [0.25, 0.3) is 11.6 Å². The van der Waals surface area contributed by atoms with E-state index in [4.69, 9.17) is 16.3 Å². The fourth-order valence-corrected chi connectivity index (χ4v) is 2.11. The number of benzene rings is 2. The Kier molecular flexibility index (Phi) is 6.01. The number of rotatable bonds is 5. The Labute approximate surface area is 154 Å². The van der Waals surface area contributed by atoms with Crippen LogP contribution >= 0.6 is 11.6 Å². The van der Waals surface area contributed by atoms with Gasteiger partial charge in [0.1, 0.15) is 5.02 Å². The topological polar surface area (TPSA) is 98.5 Å². The molecule has 0 radical (unpaired) electrons. The Balaban J connectivity index is 2.10. The van der Waals surface area contributed by atoms with Gasteiger partial charge in [0, 0.05) is 6.07 Å². The Bertz CT molecular complexity index is 939. The van der Waals surface area contributed by atoms with Gasteiger partial charge in [0.2, 0.25) is 0 Å². The molecule has 142 valence electrons. The second kappa shape index (κ2) is 8.04. The largest absolute Gasteiger partial charge is 0.449 e. The summed E-state index contributed by atoms with van der Waals surface area (Å²) in [5, 5.41) is 12.6. The number of hydrogen-bond acceptors (Lipinski definition) is 5. The summed E-state index contributed by atoms with van der Waals surface area (Å²) in [6.45, 7) is 1.13. The molecule has 0 saturated carbocycles. The van der Waals surface area contributed by atoms with Crippen molar-refractivity contribution in [1.29, 1.82) is 0 Å². The molecule has 1 atom stereocenters. The molecule has 2 aromatic carbocycles. The molecule has 1 N–H and O–H groups in total. The van der Waals surface area contributed by atoms with Crippen molar-refractivity contribution >= 4 is 34.9 Å². The minimum Gasteiger partial charge on any atom is -0.449 e. The number of hydrogen-bond donors (Lipinski definition) is 1. The number of nitrogens with one attached hydrogen (secondary N) is 1. The van der Waals surface area contributed by atoms with Crippen LogP contribution in [0.15, 0.2) is 30.3 Å². The average Bonchev–Trinajstić information content (AvgIpc) is 2.62. The molecule has 2 aromatic rings. The molecule has 0 saturated heterocycles. The summed E-state index contributed by atoms with van der Waals surface area (Å²) >= 11 is 5.63. The van der Waals surface area contributed by atoms with Crippen molar-refractivity contribution in [3.05, 3.63) is 68.5 Å². The van der Waals surface area contributed by atoms with Crippen molar-refractivity contribution < 1.29 is 32.4 Å². The van der Waals surface area contributed by atoms with E-state index < -0.39 is 51.7 Å². The van der Waals surface area contributed by atoms with Crippen LogP contribution in [0, 0.1) is 27.6 Å². The lowest BCUT2D eigenvalue weighted by molar-refractivity contribution is -0.384. The van der Waals surface area contributed by atoms with Crippen LogP contribution in [0.3, 0.4) is 0 Å². The third kappa shape index (κ3) is 4.53. The van der Waals surface area contributed by atoms with E-state index in [0.717, 1.165) is 31.2 Å². The second-order valence-corrected chi connectivity index (χ2v) is 5.59. The van der Waals surface area contributed by atoms with Crippen LogP contribution in [-0.4, -0.2) is 22.9 Å². The first-order chi connectivity index (χ1) is 12.6. The highest BCUT2D eigenvalue weighted by molar-refractivity contribution is 6.32. The molecule has 0 unspecified atom stereocenters. The molecule has 0 aliphatic heterocycles. The molecule has 11 heteroatoms. The average molecular weight is 403 g/mol. The minimum absolute atomic E-state index is 0.198. The fraction of sp³-hybridized carbons (Fsp3) is 0.125. The summed E-state index contributed by atoms with van der Waals surface area (Å²) in [5.74, 6) is -6.93. The fourth-order valence-electron chi connectivity index (χ4n) is 1.92. The highest BCUT2D eigenvalue weighted by Gasteiger charge is 2.23. The zero-order chi connectivity index (χ0) is 20.3. The van der Waals surface area contributed by atoms with Gasteiger partial charge in [-0.15, -0.1) is 0 Å². The minimum atomic E-state index is -1.77. The lowest BCUT2D eigenvalue weighted by atomic mass is 10.2. The van der Waals surface area contributed by atoms with E-state index in [9.17, 15) is 32.9 Å². The predicted octanol–water partition coefficient (Wildman–Crippen LogP) is 3.85. The number of nitro groups is 1. The normalized spacial score (nSPS) is 11.6. The van der Waals surface area contributed by atoms with Gasteiger partial charge < -0.3 is 10.1 Å². The molecule has 27 heavy (non-hydrogen) atoms. The number of amides is 1. The zero-order valence-corrected chi connectivity index (χ0v) is 14.2. The summed E-state index contributed by atoms with van der Waals surface area (Å²) in [6, 6.07) is 4.53. The third-order valence-electron chi connectivity index (χ3n) is 3.32. The van der Waals surface area contributed by atoms with E-state index in [2.05, 4.69) is 0 Å². The van der Waals surface area contributed by atoms with Crippen molar-refractivity contribution in [2.45, 2.75) is 13.0 Å². The molecule has 0 bridgehead atoms. The Morgan fingerprint density at radius 3 is 2.48 bits per heavy atom. The molecular weight excluding hydrogens is 393 g/mol. The number of carbonyl (C=O) groups is 2. The van der Waals surface area contributed by atoms with Crippen LogP contribution in [0.2, 0.25) is 5.02 Å². The number of nitro benzene ring substituents is 1. The summed E-state index contributed by atoms with van der Waals surface area (Å²) in [6.07, 6.45) is -1.47. The molecule has 0 fully saturated rings. The first-order valence-corrected chi connectivity index (χ1v) is 7.59. The maximum absolute atomic E-state index is 13.6. The van der Waals surface area contributed by atoms with Crippen LogP contribution in [0.25, 0.3) is 0 Å². The van der Waals surface area contributed by atoms with Gasteiger partial charge in [-0.2, -0.15) is 0 Å². The van der Waals surface area contributed by atoms with Gasteiger partial charge in [-0.1, -0.05) is 11.6 Å². The maximum atomic E-state index is 13.6. The number of ether oxygens (including phenoxy) is 1. The lowest BCUT2D eigenvalue weighted by Crippen LogP contribution is -2.30. The van der Waals surface area contributed by atoms with Gasteiger partial charge in [-0.05, 0) is 31.2 Å². The molecule has 0 aromatic heterocycles. The first-order valence-electron chi connectivity index (χ1n) is 7.21. The van der Waals surface area contributed by atoms with E-state index in [1.54, 1.807) is 0 Å². The lowest BCUT2D eigenvalue weighted by Gasteiger charge is -2.14. The number of anilines is 1. The van der Waals surface area contributed by atoms with Crippen LogP contribution in [0.5, 0.6) is 0 Å².